The predicted molar refractivity (Wildman–Crippen MR) is 87.1 cm³/mol. The lowest BCUT2D eigenvalue weighted by Crippen LogP contribution is -2.45. The molecule has 1 aromatic heterocycles. The van der Waals surface area contributed by atoms with E-state index in [-0.39, 0.29) is 24.7 Å². The molecule has 0 radical (unpaired) electrons. The quantitative estimate of drug-likeness (QED) is 0.769. The molecular weight excluding hydrogens is 310 g/mol. The Hall–Kier alpha value is -2.70. The SMILES string of the molecule is CCC(C)C(NC(=O)CCc1nnc(-c2ccccc2)o1)C(=O)O. The molecule has 7 nitrogen and oxygen atoms in total. The van der Waals surface area contributed by atoms with E-state index in [1.807, 2.05) is 37.3 Å². The Kier molecular flexibility index (Phi) is 6.06. The summed E-state index contributed by atoms with van der Waals surface area (Å²) in [5, 5.41) is 19.6. The molecule has 0 saturated heterocycles. The number of aryl methyl sites for hydroxylation is 1. The van der Waals surface area contributed by atoms with Gasteiger partial charge in [-0.3, -0.25) is 4.79 Å². The van der Waals surface area contributed by atoms with Crippen LogP contribution in [-0.2, 0) is 16.0 Å². The smallest absolute Gasteiger partial charge is 0.326 e. The molecular formula is C17H21N3O4. The van der Waals surface area contributed by atoms with E-state index in [1.54, 1.807) is 6.92 Å². The van der Waals surface area contributed by atoms with Gasteiger partial charge >= 0.3 is 5.97 Å². The van der Waals surface area contributed by atoms with Crippen molar-refractivity contribution in [2.75, 3.05) is 0 Å². The Morgan fingerprint density at radius 1 is 1.25 bits per heavy atom. The first kappa shape index (κ1) is 17.7. The van der Waals surface area contributed by atoms with Crippen LogP contribution in [0.5, 0.6) is 0 Å². The Morgan fingerprint density at radius 3 is 2.58 bits per heavy atom. The number of carbonyl (C=O) groups is 2. The summed E-state index contributed by atoms with van der Waals surface area (Å²) in [7, 11) is 0. The largest absolute Gasteiger partial charge is 0.480 e. The Morgan fingerprint density at radius 2 is 1.96 bits per heavy atom. The van der Waals surface area contributed by atoms with E-state index in [0.717, 1.165) is 5.56 Å². The van der Waals surface area contributed by atoms with Gasteiger partial charge in [-0.15, -0.1) is 10.2 Å². The third-order valence-electron chi connectivity index (χ3n) is 3.85. The summed E-state index contributed by atoms with van der Waals surface area (Å²) < 4.78 is 5.52. The summed E-state index contributed by atoms with van der Waals surface area (Å²) in [6, 6.07) is 8.45. The first-order valence-electron chi connectivity index (χ1n) is 7.91. The first-order chi connectivity index (χ1) is 11.5. The van der Waals surface area contributed by atoms with Crippen LogP contribution in [0.1, 0.15) is 32.6 Å². The molecule has 2 unspecified atom stereocenters. The van der Waals surface area contributed by atoms with Crippen LogP contribution in [0.15, 0.2) is 34.7 Å². The number of hydrogen-bond acceptors (Lipinski definition) is 5. The molecule has 0 spiro atoms. The van der Waals surface area contributed by atoms with Crippen LogP contribution in [0.25, 0.3) is 11.5 Å². The summed E-state index contributed by atoms with van der Waals surface area (Å²) in [6.45, 7) is 3.68. The molecule has 7 heteroatoms. The highest BCUT2D eigenvalue weighted by molar-refractivity contribution is 5.83. The van der Waals surface area contributed by atoms with E-state index in [0.29, 0.717) is 18.2 Å². The van der Waals surface area contributed by atoms with Gasteiger partial charge in [-0.05, 0) is 18.1 Å². The van der Waals surface area contributed by atoms with Gasteiger partial charge in [0.1, 0.15) is 6.04 Å². The molecule has 0 bridgehead atoms. The first-order valence-corrected chi connectivity index (χ1v) is 7.91. The summed E-state index contributed by atoms with van der Waals surface area (Å²) in [4.78, 5) is 23.2. The van der Waals surface area contributed by atoms with Crippen molar-refractivity contribution in [3.05, 3.63) is 36.2 Å². The highest BCUT2D eigenvalue weighted by atomic mass is 16.4. The van der Waals surface area contributed by atoms with E-state index in [4.69, 9.17) is 4.42 Å². The number of hydrogen-bond donors (Lipinski definition) is 2. The molecule has 0 fully saturated rings. The number of aromatic nitrogens is 2. The van der Waals surface area contributed by atoms with Crippen molar-refractivity contribution in [3.63, 3.8) is 0 Å². The number of rotatable bonds is 8. The van der Waals surface area contributed by atoms with Gasteiger partial charge in [0.15, 0.2) is 0 Å². The predicted octanol–water partition coefficient (Wildman–Crippen LogP) is 2.28. The molecule has 128 valence electrons. The fourth-order valence-corrected chi connectivity index (χ4v) is 2.20. The molecule has 2 N–H and O–H groups in total. The van der Waals surface area contributed by atoms with Crippen LogP contribution in [0.2, 0.25) is 0 Å². The number of carboxylic acid groups (broad SMARTS) is 1. The van der Waals surface area contributed by atoms with Crippen LogP contribution in [-0.4, -0.2) is 33.2 Å². The maximum atomic E-state index is 12.0. The van der Waals surface area contributed by atoms with Gasteiger partial charge in [0.2, 0.25) is 17.7 Å². The number of amides is 1. The number of aliphatic carboxylic acids is 1. The Labute approximate surface area is 140 Å². The zero-order valence-electron chi connectivity index (χ0n) is 13.7. The van der Waals surface area contributed by atoms with E-state index in [1.165, 1.54) is 0 Å². The van der Waals surface area contributed by atoms with Crippen molar-refractivity contribution in [1.82, 2.24) is 15.5 Å². The molecule has 24 heavy (non-hydrogen) atoms. The van der Waals surface area contributed by atoms with E-state index < -0.39 is 12.0 Å². The second-order valence-electron chi connectivity index (χ2n) is 5.64. The van der Waals surface area contributed by atoms with Crippen molar-refractivity contribution in [2.24, 2.45) is 5.92 Å². The van der Waals surface area contributed by atoms with Crippen molar-refractivity contribution < 1.29 is 19.1 Å². The lowest BCUT2D eigenvalue weighted by Gasteiger charge is -2.19. The molecule has 1 aromatic carbocycles. The monoisotopic (exact) mass is 331 g/mol. The van der Waals surface area contributed by atoms with Gasteiger partial charge in [-0.1, -0.05) is 38.5 Å². The molecule has 0 aliphatic heterocycles. The third-order valence-corrected chi connectivity index (χ3v) is 3.85. The summed E-state index contributed by atoms with van der Waals surface area (Å²) >= 11 is 0. The van der Waals surface area contributed by atoms with Gasteiger partial charge < -0.3 is 14.8 Å². The van der Waals surface area contributed by atoms with Gasteiger partial charge in [-0.25, -0.2) is 4.79 Å². The number of nitrogens with zero attached hydrogens (tertiary/aromatic N) is 2. The van der Waals surface area contributed by atoms with Crippen molar-refractivity contribution >= 4 is 11.9 Å². The summed E-state index contributed by atoms with van der Waals surface area (Å²) in [5.74, 6) is -0.767. The fraction of sp³-hybridized carbons (Fsp3) is 0.412. The maximum Gasteiger partial charge on any atom is 0.326 e. The zero-order valence-corrected chi connectivity index (χ0v) is 13.7. The highest BCUT2D eigenvalue weighted by Gasteiger charge is 2.25. The molecule has 2 aromatic rings. The number of carbonyl (C=O) groups excluding carboxylic acids is 1. The molecule has 1 heterocycles. The normalized spacial score (nSPS) is 13.2. The minimum absolute atomic E-state index is 0.0939. The molecule has 0 aliphatic carbocycles. The minimum atomic E-state index is -1.03. The average Bonchev–Trinajstić information content (AvgIpc) is 3.06. The second-order valence-corrected chi connectivity index (χ2v) is 5.64. The second kappa shape index (κ2) is 8.24. The van der Waals surface area contributed by atoms with E-state index >= 15 is 0 Å². The Balaban J connectivity index is 1.90. The molecule has 1 amide bonds. The topological polar surface area (TPSA) is 105 Å². The van der Waals surface area contributed by atoms with Crippen LogP contribution >= 0.6 is 0 Å². The average molecular weight is 331 g/mol. The molecule has 2 rings (SSSR count). The van der Waals surface area contributed by atoms with E-state index in [9.17, 15) is 14.7 Å². The maximum absolute atomic E-state index is 12.0. The van der Waals surface area contributed by atoms with Crippen LogP contribution in [0.4, 0.5) is 0 Å². The highest BCUT2D eigenvalue weighted by Crippen LogP contribution is 2.17. The standard InChI is InChI=1S/C17H21N3O4/c1-3-11(2)15(17(22)23)18-13(21)9-10-14-19-20-16(24-14)12-7-5-4-6-8-12/h4-8,11,15H,3,9-10H2,1-2H3,(H,18,21)(H,22,23). The number of benzene rings is 1. The molecule has 2 atom stereocenters. The lowest BCUT2D eigenvalue weighted by molar-refractivity contribution is -0.143. The van der Waals surface area contributed by atoms with Crippen molar-refractivity contribution in [1.29, 1.82) is 0 Å². The van der Waals surface area contributed by atoms with Gasteiger partial charge in [0.25, 0.3) is 0 Å². The summed E-state index contributed by atoms with van der Waals surface area (Å²) in [5.41, 5.74) is 0.809. The third kappa shape index (κ3) is 4.65. The van der Waals surface area contributed by atoms with Crippen LogP contribution < -0.4 is 5.32 Å². The lowest BCUT2D eigenvalue weighted by atomic mass is 9.99. The number of carboxylic acids is 1. The van der Waals surface area contributed by atoms with Crippen LogP contribution in [0.3, 0.4) is 0 Å². The summed E-state index contributed by atoms with van der Waals surface area (Å²) in [6.07, 6.45) is 1.02. The number of nitrogens with one attached hydrogen (secondary N) is 1. The zero-order chi connectivity index (χ0) is 17.5. The van der Waals surface area contributed by atoms with Gasteiger partial charge in [-0.2, -0.15) is 0 Å². The minimum Gasteiger partial charge on any atom is -0.480 e. The van der Waals surface area contributed by atoms with Crippen molar-refractivity contribution in [3.8, 4) is 11.5 Å². The molecule has 0 aliphatic rings. The van der Waals surface area contributed by atoms with Gasteiger partial charge in [0.05, 0.1) is 0 Å². The molecule has 0 saturated carbocycles. The van der Waals surface area contributed by atoms with Crippen molar-refractivity contribution in [2.45, 2.75) is 39.2 Å². The fourth-order valence-electron chi connectivity index (χ4n) is 2.20. The Bertz CT molecular complexity index is 684. The van der Waals surface area contributed by atoms with Gasteiger partial charge in [0, 0.05) is 18.4 Å². The van der Waals surface area contributed by atoms with Crippen LogP contribution in [0, 0.1) is 5.92 Å². The van der Waals surface area contributed by atoms with E-state index in [2.05, 4.69) is 15.5 Å².